The van der Waals surface area contributed by atoms with Gasteiger partial charge in [-0.2, -0.15) is 0 Å². The second kappa shape index (κ2) is 59.6. The second-order valence-electron chi connectivity index (χ2n) is 19.5. The van der Waals surface area contributed by atoms with E-state index in [9.17, 15) is 14.4 Å². The molecule has 0 bridgehead atoms. The number of hydrogen-bond donors (Lipinski definition) is 0. The van der Waals surface area contributed by atoms with Gasteiger partial charge in [-0.05, 0) is 109 Å². The van der Waals surface area contributed by atoms with Crippen molar-refractivity contribution in [3.63, 3.8) is 0 Å². The third-order valence-corrected chi connectivity index (χ3v) is 12.5. The van der Waals surface area contributed by atoms with E-state index in [2.05, 4.69) is 130 Å². The Bertz CT molecular complexity index is 1470. The van der Waals surface area contributed by atoms with E-state index in [-0.39, 0.29) is 31.1 Å². The molecule has 0 heterocycles. The third-order valence-electron chi connectivity index (χ3n) is 12.5. The van der Waals surface area contributed by atoms with E-state index in [0.29, 0.717) is 19.3 Å². The molecule has 0 spiro atoms. The Balaban J connectivity index is 4.20. The topological polar surface area (TPSA) is 78.9 Å². The van der Waals surface area contributed by atoms with Gasteiger partial charge in [0.2, 0.25) is 0 Å². The molecular formula is C66H110O6. The molecule has 0 aliphatic carbocycles. The van der Waals surface area contributed by atoms with Gasteiger partial charge in [0.05, 0.1) is 0 Å². The Morgan fingerprint density at radius 1 is 0.292 bits per heavy atom. The van der Waals surface area contributed by atoms with Crippen LogP contribution < -0.4 is 0 Å². The first-order valence-electron chi connectivity index (χ1n) is 29.9. The number of rotatable bonds is 53. The number of carbonyl (C=O) groups excluding carboxylic acids is 3. The molecule has 1 unspecified atom stereocenters. The van der Waals surface area contributed by atoms with E-state index < -0.39 is 6.10 Å². The van der Waals surface area contributed by atoms with Crippen molar-refractivity contribution >= 4 is 17.9 Å². The maximum atomic E-state index is 12.8. The van der Waals surface area contributed by atoms with Gasteiger partial charge in [-0.25, -0.2) is 0 Å². The number of carbonyl (C=O) groups is 3. The molecule has 0 aliphatic rings. The monoisotopic (exact) mass is 999 g/mol. The molecule has 0 N–H and O–H groups in total. The SMILES string of the molecule is CC/C=C\C/C=C\C/C=C\C/C=C\C/C=C\C/C=C\C/C=C\C/C=C\CCCCCCCCC(=O)OCC(COC(=O)CCCCCCCCC)OC(=O)CCCCCCC/C=C\CCCCCCCCC. The Labute approximate surface area is 444 Å². The van der Waals surface area contributed by atoms with Crippen LogP contribution in [0.25, 0.3) is 0 Å². The molecule has 0 saturated heterocycles. The Hall–Kier alpha value is -3.93. The highest BCUT2D eigenvalue weighted by atomic mass is 16.6. The minimum absolute atomic E-state index is 0.0855. The van der Waals surface area contributed by atoms with Crippen molar-refractivity contribution in [1.29, 1.82) is 0 Å². The molecule has 0 saturated carbocycles. The summed E-state index contributed by atoms with van der Waals surface area (Å²) in [5, 5.41) is 0. The fourth-order valence-electron chi connectivity index (χ4n) is 8.04. The lowest BCUT2D eigenvalue weighted by Gasteiger charge is -2.18. The molecule has 72 heavy (non-hydrogen) atoms. The molecule has 0 fully saturated rings. The van der Waals surface area contributed by atoms with Crippen LogP contribution in [0.1, 0.15) is 271 Å². The molecule has 0 radical (unpaired) electrons. The highest BCUT2D eigenvalue weighted by Gasteiger charge is 2.19. The van der Waals surface area contributed by atoms with Gasteiger partial charge in [0, 0.05) is 19.3 Å². The van der Waals surface area contributed by atoms with Crippen LogP contribution in [-0.2, 0) is 28.6 Å². The fourth-order valence-corrected chi connectivity index (χ4v) is 8.04. The van der Waals surface area contributed by atoms with Crippen LogP contribution in [0.15, 0.2) is 109 Å². The van der Waals surface area contributed by atoms with E-state index in [1.165, 1.54) is 96.3 Å². The van der Waals surface area contributed by atoms with Crippen molar-refractivity contribution in [2.75, 3.05) is 13.2 Å². The summed E-state index contributed by atoms with van der Waals surface area (Å²) in [6.07, 6.45) is 81.1. The summed E-state index contributed by atoms with van der Waals surface area (Å²) in [5.74, 6) is -0.915. The molecule has 6 nitrogen and oxygen atoms in total. The first kappa shape index (κ1) is 68.1. The minimum Gasteiger partial charge on any atom is -0.462 e. The lowest BCUT2D eigenvalue weighted by atomic mass is 10.1. The maximum absolute atomic E-state index is 12.8. The molecule has 0 aromatic carbocycles. The van der Waals surface area contributed by atoms with E-state index in [1.54, 1.807) is 0 Å². The Kier molecular flexibility index (Phi) is 56.4. The summed E-state index contributed by atoms with van der Waals surface area (Å²) in [6, 6.07) is 0. The zero-order chi connectivity index (χ0) is 52.2. The molecule has 1 atom stereocenters. The molecule has 0 aromatic rings. The predicted molar refractivity (Wildman–Crippen MR) is 311 cm³/mol. The van der Waals surface area contributed by atoms with E-state index in [0.717, 1.165) is 135 Å². The predicted octanol–water partition coefficient (Wildman–Crippen LogP) is 20.3. The van der Waals surface area contributed by atoms with Crippen LogP contribution in [-0.4, -0.2) is 37.2 Å². The van der Waals surface area contributed by atoms with Crippen LogP contribution in [0, 0.1) is 0 Å². The third kappa shape index (κ3) is 57.0. The summed E-state index contributed by atoms with van der Waals surface area (Å²) in [5.41, 5.74) is 0. The average molecular weight is 1000 g/mol. The normalized spacial score (nSPS) is 12.9. The maximum Gasteiger partial charge on any atom is 0.306 e. The van der Waals surface area contributed by atoms with Crippen LogP contribution in [0.2, 0.25) is 0 Å². The first-order valence-corrected chi connectivity index (χ1v) is 29.9. The van der Waals surface area contributed by atoms with Crippen molar-refractivity contribution in [2.45, 2.75) is 277 Å². The average Bonchev–Trinajstić information content (AvgIpc) is 3.38. The number of unbranched alkanes of at least 4 members (excludes halogenated alkanes) is 24. The number of ether oxygens (including phenoxy) is 3. The Morgan fingerprint density at radius 2 is 0.542 bits per heavy atom. The lowest BCUT2D eigenvalue weighted by molar-refractivity contribution is -0.167. The van der Waals surface area contributed by atoms with E-state index >= 15 is 0 Å². The first-order chi connectivity index (χ1) is 35.5. The zero-order valence-electron chi connectivity index (χ0n) is 46.9. The van der Waals surface area contributed by atoms with Crippen LogP contribution in [0.4, 0.5) is 0 Å². The van der Waals surface area contributed by atoms with Gasteiger partial charge in [-0.1, -0.05) is 252 Å². The van der Waals surface area contributed by atoms with Crippen LogP contribution in [0.3, 0.4) is 0 Å². The smallest absolute Gasteiger partial charge is 0.306 e. The summed E-state index contributed by atoms with van der Waals surface area (Å²) in [7, 11) is 0. The van der Waals surface area contributed by atoms with Crippen molar-refractivity contribution in [3.05, 3.63) is 109 Å². The second-order valence-corrected chi connectivity index (χ2v) is 19.5. The fraction of sp³-hybridized carbons (Fsp3) is 0.682. The van der Waals surface area contributed by atoms with Gasteiger partial charge in [0.25, 0.3) is 0 Å². The van der Waals surface area contributed by atoms with Crippen molar-refractivity contribution in [1.82, 2.24) is 0 Å². The van der Waals surface area contributed by atoms with Gasteiger partial charge in [0.15, 0.2) is 6.10 Å². The van der Waals surface area contributed by atoms with Gasteiger partial charge in [-0.3, -0.25) is 14.4 Å². The quantitative estimate of drug-likeness (QED) is 0.0261. The molecule has 6 heteroatoms. The van der Waals surface area contributed by atoms with E-state index in [1.807, 2.05) is 0 Å². The van der Waals surface area contributed by atoms with Crippen molar-refractivity contribution in [2.24, 2.45) is 0 Å². The van der Waals surface area contributed by atoms with Gasteiger partial charge < -0.3 is 14.2 Å². The highest BCUT2D eigenvalue weighted by Crippen LogP contribution is 2.14. The molecule has 410 valence electrons. The summed E-state index contributed by atoms with van der Waals surface area (Å²) in [6.45, 7) is 6.46. The standard InChI is InChI=1S/C66H110O6/c1-4-7-10-13-16-18-20-22-24-26-27-28-29-30-31-32-33-34-35-36-37-38-39-40-42-43-45-47-50-53-56-59-65(68)71-62-63(61-70-64(67)58-55-52-49-15-12-9-6-3)72-66(69)60-57-54-51-48-46-44-41-25-23-21-19-17-14-11-8-5-2/h7,10,16,18,22,24-25,27-28,30-31,33-34,36-37,39-41,63H,4-6,8-9,11-15,17,19-21,23,26,29,32,35,38,42-62H2,1-3H3/b10-7-,18-16-,24-22-,28-27-,31-30-,34-33-,37-36-,40-39-,41-25-. The highest BCUT2D eigenvalue weighted by molar-refractivity contribution is 5.71. The largest absolute Gasteiger partial charge is 0.462 e. The lowest BCUT2D eigenvalue weighted by Crippen LogP contribution is -2.30. The molecule has 0 amide bonds. The molecule has 0 rings (SSSR count). The van der Waals surface area contributed by atoms with Gasteiger partial charge >= 0.3 is 17.9 Å². The minimum atomic E-state index is -0.786. The summed E-state index contributed by atoms with van der Waals surface area (Å²) < 4.78 is 16.8. The van der Waals surface area contributed by atoms with Crippen LogP contribution >= 0.6 is 0 Å². The van der Waals surface area contributed by atoms with Crippen molar-refractivity contribution < 1.29 is 28.6 Å². The molecule has 0 aromatic heterocycles. The summed E-state index contributed by atoms with van der Waals surface area (Å²) >= 11 is 0. The molecule has 0 aliphatic heterocycles. The summed E-state index contributed by atoms with van der Waals surface area (Å²) in [4.78, 5) is 38.0. The van der Waals surface area contributed by atoms with Gasteiger partial charge in [0.1, 0.15) is 13.2 Å². The number of hydrogen-bond acceptors (Lipinski definition) is 6. The van der Waals surface area contributed by atoms with Crippen molar-refractivity contribution in [3.8, 4) is 0 Å². The van der Waals surface area contributed by atoms with E-state index in [4.69, 9.17) is 14.2 Å². The van der Waals surface area contributed by atoms with Crippen LogP contribution in [0.5, 0.6) is 0 Å². The number of allylic oxidation sites excluding steroid dienone is 18. The van der Waals surface area contributed by atoms with Gasteiger partial charge in [-0.15, -0.1) is 0 Å². The molecular weight excluding hydrogens is 889 g/mol. The Morgan fingerprint density at radius 3 is 0.861 bits per heavy atom. The zero-order valence-corrected chi connectivity index (χ0v) is 46.9. The number of esters is 3.